The van der Waals surface area contributed by atoms with Gasteiger partial charge in [-0.3, -0.25) is 4.67 Å². The number of nitriles is 1. The predicted molar refractivity (Wildman–Crippen MR) is 92.5 cm³/mol. The zero-order chi connectivity index (χ0) is 17.4. The van der Waals surface area contributed by atoms with Crippen molar-refractivity contribution in [1.29, 1.82) is 5.26 Å². The zero-order valence-corrected chi connectivity index (χ0v) is 15.1. The van der Waals surface area contributed by atoms with Crippen LogP contribution in [0, 0.1) is 11.3 Å². The number of nitrogens with zero attached hydrogens (tertiary/aromatic N) is 2. The van der Waals surface area contributed by atoms with Crippen LogP contribution in [0.1, 0.15) is 62.6 Å². The van der Waals surface area contributed by atoms with Gasteiger partial charge in [0.1, 0.15) is 0 Å². The highest BCUT2D eigenvalue weighted by Gasteiger charge is 2.18. The average Bonchev–Trinajstić information content (AvgIpc) is 2.50. The summed E-state index contributed by atoms with van der Waals surface area (Å²) >= 11 is 0. The van der Waals surface area contributed by atoms with Crippen LogP contribution in [0.15, 0.2) is 24.3 Å². The smallest absolute Gasteiger partial charge is 0.335 e. The molecule has 5 nitrogen and oxygen atoms in total. The second-order valence-electron chi connectivity index (χ2n) is 5.92. The molecule has 6 heteroatoms. The standard InChI is InChI=1S/C17H25N2O3P/c1-12(2)19(13(3)4)23-22-16(6-5-11-18)14-7-9-15(10-8-14)17(20)21/h7-10,12-13,16,23H,5-6H2,1-4H3,(H,20,21). The number of aromatic carboxylic acids is 1. The van der Waals surface area contributed by atoms with Crippen molar-refractivity contribution in [2.24, 2.45) is 0 Å². The first-order valence-corrected chi connectivity index (χ1v) is 8.62. The van der Waals surface area contributed by atoms with Crippen molar-refractivity contribution in [3.8, 4) is 6.07 Å². The van der Waals surface area contributed by atoms with Crippen LogP contribution in [0.25, 0.3) is 0 Å². The van der Waals surface area contributed by atoms with Gasteiger partial charge in [-0.15, -0.1) is 0 Å². The van der Waals surface area contributed by atoms with E-state index in [9.17, 15) is 4.79 Å². The Morgan fingerprint density at radius 2 is 1.83 bits per heavy atom. The van der Waals surface area contributed by atoms with E-state index in [1.54, 1.807) is 24.3 Å². The molecule has 1 aromatic carbocycles. The molecule has 2 unspecified atom stereocenters. The van der Waals surface area contributed by atoms with Crippen LogP contribution in [0.3, 0.4) is 0 Å². The first-order chi connectivity index (χ1) is 10.9. The summed E-state index contributed by atoms with van der Waals surface area (Å²) in [6.07, 6.45) is 0.801. The first kappa shape index (κ1) is 19.6. The molecule has 0 heterocycles. The summed E-state index contributed by atoms with van der Waals surface area (Å²) in [5, 5.41) is 17.8. The van der Waals surface area contributed by atoms with Gasteiger partial charge in [0.2, 0.25) is 0 Å². The maximum Gasteiger partial charge on any atom is 0.335 e. The van der Waals surface area contributed by atoms with Gasteiger partial charge in [0.05, 0.1) is 26.7 Å². The normalized spacial score (nSPS) is 13.1. The summed E-state index contributed by atoms with van der Waals surface area (Å²) in [5.41, 5.74) is 1.16. The Morgan fingerprint density at radius 3 is 2.26 bits per heavy atom. The maximum absolute atomic E-state index is 10.9. The minimum atomic E-state index is -0.946. The number of carboxylic acid groups (broad SMARTS) is 1. The fourth-order valence-corrected chi connectivity index (χ4v) is 3.19. The summed E-state index contributed by atoms with van der Waals surface area (Å²) in [7, 11) is 0.201. The van der Waals surface area contributed by atoms with E-state index in [0.717, 1.165) is 5.56 Å². The number of carboxylic acids is 1. The minimum Gasteiger partial charge on any atom is -0.478 e. The summed E-state index contributed by atoms with van der Waals surface area (Å²) in [5.74, 6) is -0.946. The Bertz CT molecular complexity index is 530. The van der Waals surface area contributed by atoms with E-state index >= 15 is 0 Å². The van der Waals surface area contributed by atoms with Crippen molar-refractivity contribution in [1.82, 2.24) is 4.67 Å². The molecule has 0 amide bonds. The molecule has 0 aliphatic heterocycles. The molecule has 1 rings (SSSR count). The van der Waals surface area contributed by atoms with E-state index in [1.165, 1.54) is 0 Å². The summed E-state index contributed by atoms with van der Waals surface area (Å²) in [6.45, 7) is 8.51. The van der Waals surface area contributed by atoms with Crippen molar-refractivity contribution >= 4 is 14.9 Å². The largest absolute Gasteiger partial charge is 0.478 e. The van der Waals surface area contributed by atoms with Gasteiger partial charge in [0.25, 0.3) is 0 Å². The number of hydrogen-bond donors (Lipinski definition) is 1. The first-order valence-electron chi connectivity index (χ1n) is 7.76. The van der Waals surface area contributed by atoms with Gasteiger partial charge >= 0.3 is 5.97 Å². The minimum absolute atomic E-state index is 0.198. The van der Waals surface area contributed by atoms with Crippen molar-refractivity contribution < 1.29 is 14.4 Å². The van der Waals surface area contributed by atoms with Gasteiger partial charge in [-0.25, -0.2) is 4.79 Å². The van der Waals surface area contributed by atoms with Crippen LogP contribution in [0.2, 0.25) is 0 Å². The van der Waals surface area contributed by atoms with E-state index in [2.05, 4.69) is 38.4 Å². The van der Waals surface area contributed by atoms with Gasteiger partial charge in [0.15, 0.2) is 0 Å². The molecule has 0 aromatic heterocycles. The molecule has 23 heavy (non-hydrogen) atoms. The fourth-order valence-electron chi connectivity index (χ4n) is 2.26. The molecule has 0 bridgehead atoms. The highest BCUT2D eigenvalue weighted by Crippen LogP contribution is 2.35. The Labute approximate surface area is 140 Å². The molecule has 2 atom stereocenters. The SMILES string of the molecule is CC(C)N(POC(CCC#N)c1ccc(C(=O)O)cc1)C(C)C. The fraction of sp³-hybridized carbons (Fsp3) is 0.529. The summed E-state index contributed by atoms with van der Waals surface area (Å²) < 4.78 is 8.33. The van der Waals surface area contributed by atoms with E-state index in [-0.39, 0.29) is 20.6 Å². The molecule has 0 saturated heterocycles. The number of benzene rings is 1. The van der Waals surface area contributed by atoms with Gasteiger partial charge < -0.3 is 9.63 Å². The zero-order valence-electron chi connectivity index (χ0n) is 14.1. The third kappa shape index (κ3) is 6.27. The lowest BCUT2D eigenvalue weighted by atomic mass is 10.0. The Morgan fingerprint density at radius 1 is 1.26 bits per heavy atom. The number of carbonyl (C=O) groups is 1. The number of rotatable bonds is 9. The van der Waals surface area contributed by atoms with Crippen molar-refractivity contribution in [2.75, 3.05) is 0 Å². The molecule has 0 fully saturated rings. The summed E-state index contributed by atoms with van der Waals surface area (Å²) in [4.78, 5) is 10.9. The van der Waals surface area contributed by atoms with Crippen LogP contribution >= 0.6 is 8.96 Å². The van der Waals surface area contributed by atoms with Crippen LogP contribution in [-0.4, -0.2) is 27.8 Å². The second-order valence-corrected chi connectivity index (χ2v) is 6.85. The van der Waals surface area contributed by atoms with Gasteiger partial charge in [-0.1, -0.05) is 12.1 Å². The van der Waals surface area contributed by atoms with Gasteiger partial charge in [-0.2, -0.15) is 5.26 Å². The van der Waals surface area contributed by atoms with Crippen LogP contribution in [0.5, 0.6) is 0 Å². The van der Waals surface area contributed by atoms with E-state index in [4.69, 9.17) is 14.9 Å². The molecule has 126 valence electrons. The van der Waals surface area contributed by atoms with Crippen LogP contribution < -0.4 is 0 Å². The third-order valence-corrected chi connectivity index (χ3v) is 5.09. The molecule has 0 spiro atoms. The summed E-state index contributed by atoms with van der Waals surface area (Å²) in [6, 6.07) is 9.58. The molecule has 0 aliphatic carbocycles. The topological polar surface area (TPSA) is 73.6 Å². The van der Waals surface area contributed by atoms with Crippen LogP contribution in [0.4, 0.5) is 0 Å². The third-order valence-electron chi connectivity index (χ3n) is 3.46. The lowest BCUT2D eigenvalue weighted by Crippen LogP contribution is -2.29. The number of hydrogen-bond acceptors (Lipinski definition) is 4. The second kappa shape index (κ2) is 9.62. The van der Waals surface area contributed by atoms with Crippen molar-refractivity contribution in [2.45, 2.75) is 58.7 Å². The van der Waals surface area contributed by atoms with Gasteiger partial charge in [0, 0.05) is 18.5 Å². The molecular weight excluding hydrogens is 311 g/mol. The Hall–Kier alpha value is -1.47. The van der Waals surface area contributed by atoms with E-state index in [1.807, 2.05) is 0 Å². The monoisotopic (exact) mass is 336 g/mol. The van der Waals surface area contributed by atoms with Crippen LogP contribution in [-0.2, 0) is 4.52 Å². The molecule has 1 N–H and O–H groups in total. The lowest BCUT2D eigenvalue weighted by molar-refractivity contribution is 0.0696. The molecular formula is C17H25N2O3P. The van der Waals surface area contributed by atoms with Crippen molar-refractivity contribution in [3.05, 3.63) is 35.4 Å². The average molecular weight is 336 g/mol. The Balaban J connectivity index is 2.83. The highest BCUT2D eigenvalue weighted by atomic mass is 31.1. The Kier molecular flexibility index (Phi) is 8.19. The quantitative estimate of drug-likeness (QED) is 0.678. The van der Waals surface area contributed by atoms with Crippen molar-refractivity contribution in [3.63, 3.8) is 0 Å². The lowest BCUT2D eigenvalue weighted by Gasteiger charge is -2.31. The maximum atomic E-state index is 10.9. The molecule has 0 saturated carbocycles. The van der Waals surface area contributed by atoms with Gasteiger partial charge in [-0.05, 0) is 51.8 Å². The molecule has 0 radical (unpaired) electrons. The highest BCUT2D eigenvalue weighted by molar-refractivity contribution is 7.29. The van der Waals surface area contributed by atoms with E-state index in [0.29, 0.717) is 24.9 Å². The predicted octanol–water partition coefficient (Wildman–Crippen LogP) is 4.37. The van der Waals surface area contributed by atoms with E-state index < -0.39 is 5.97 Å². The molecule has 1 aromatic rings. The molecule has 0 aliphatic rings.